The molecule has 1 amide bonds. The van der Waals surface area contributed by atoms with Crippen LogP contribution in [0.15, 0.2) is 29.4 Å². The molecular weight excluding hydrogens is 353 g/mol. The van der Waals surface area contributed by atoms with Crippen molar-refractivity contribution in [3.05, 3.63) is 35.6 Å². The molecule has 0 spiro atoms. The van der Waals surface area contributed by atoms with E-state index in [2.05, 4.69) is 38.1 Å². The third-order valence-electron chi connectivity index (χ3n) is 8.04. The van der Waals surface area contributed by atoms with E-state index in [0.717, 1.165) is 24.9 Å². The number of nitrogens with zero attached hydrogens (tertiary/aromatic N) is 2. The van der Waals surface area contributed by atoms with Crippen LogP contribution in [0.3, 0.4) is 0 Å². The fourth-order valence-electron chi connectivity index (χ4n) is 5.79. The molecule has 1 heterocycles. The van der Waals surface area contributed by atoms with Gasteiger partial charge in [0.15, 0.2) is 0 Å². The number of hydrazone groups is 1. The maximum absolute atomic E-state index is 13.7. The predicted octanol–water partition coefficient (Wildman–Crippen LogP) is 4.67. The molecule has 28 heavy (non-hydrogen) atoms. The quantitative estimate of drug-likeness (QED) is 0.800. The van der Waals surface area contributed by atoms with Gasteiger partial charge in [0, 0.05) is 19.0 Å². The Morgan fingerprint density at radius 3 is 2.75 bits per heavy atom. The van der Waals surface area contributed by atoms with Gasteiger partial charge in [-0.3, -0.25) is 9.80 Å². The number of nitrogens with one attached hydrogen (secondary N) is 1. The average molecular weight is 386 g/mol. The van der Waals surface area contributed by atoms with Crippen molar-refractivity contribution in [3.63, 3.8) is 0 Å². The lowest BCUT2D eigenvalue weighted by Crippen LogP contribution is -2.48. The van der Waals surface area contributed by atoms with Crippen LogP contribution in [0.5, 0.6) is 0 Å². The van der Waals surface area contributed by atoms with Crippen LogP contribution >= 0.6 is 0 Å². The van der Waals surface area contributed by atoms with Crippen LogP contribution in [-0.4, -0.2) is 29.2 Å². The maximum atomic E-state index is 13.7. The molecule has 5 heteroatoms. The van der Waals surface area contributed by atoms with Crippen molar-refractivity contribution in [1.29, 1.82) is 0 Å². The molecule has 0 aromatic heterocycles. The SMILES string of the molecule is CCCN1N=C(C(=O)N[C@H]2C[C@@H]3CC[C@]2(C)C3(C)C)CC1c1cccc(F)c1. The number of rotatable bonds is 5. The number of fused-ring (bicyclic) bond motifs is 2. The summed E-state index contributed by atoms with van der Waals surface area (Å²) in [5.41, 5.74) is 1.87. The van der Waals surface area contributed by atoms with Gasteiger partial charge in [0.05, 0.1) is 6.04 Å². The number of halogens is 1. The maximum Gasteiger partial charge on any atom is 0.267 e. The van der Waals surface area contributed by atoms with E-state index in [-0.39, 0.29) is 34.6 Å². The molecule has 4 atom stereocenters. The molecule has 2 bridgehead atoms. The Morgan fingerprint density at radius 2 is 2.14 bits per heavy atom. The Kier molecular flexibility index (Phi) is 4.75. The van der Waals surface area contributed by atoms with Crippen molar-refractivity contribution < 1.29 is 9.18 Å². The zero-order chi connectivity index (χ0) is 20.1. The molecule has 152 valence electrons. The third-order valence-corrected chi connectivity index (χ3v) is 8.04. The van der Waals surface area contributed by atoms with Gasteiger partial charge in [-0.25, -0.2) is 4.39 Å². The second-order valence-electron chi connectivity index (χ2n) is 9.62. The lowest BCUT2D eigenvalue weighted by Gasteiger charge is -2.39. The van der Waals surface area contributed by atoms with Gasteiger partial charge in [0.25, 0.3) is 5.91 Å². The van der Waals surface area contributed by atoms with Crippen LogP contribution in [-0.2, 0) is 4.79 Å². The van der Waals surface area contributed by atoms with Gasteiger partial charge in [-0.1, -0.05) is 39.8 Å². The molecule has 4 nitrogen and oxygen atoms in total. The highest BCUT2D eigenvalue weighted by atomic mass is 19.1. The molecule has 3 aliphatic rings. The Labute approximate surface area is 167 Å². The number of benzene rings is 1. The van der Waals surface area contributed by atoms with E-state index >= 15 is 0 Å². The number of carbonyl (C=O) groups is 1. The van der Waals surface area contributed by atoms with E-state index in [1.54, 1.807) is 12.1 Å². The second-order valence-corrected chi connectivity index (χ2v) is 9.62. The van der Waals surface area contributed by atoms with Gasteiger partial charge in [-0.2, -0.15) is 5.10 Å². The molecule has 1 unspecified atom stereocenters. The smallest absolute Gasteiger partial charge is 0.267 e. The second kappa shape index (κ2) is 6.85. The molecule has 4 rings (SSSR count). The van der Waals surface area contributed by atoms with Gasteiger partial charge < -0.3 is 5.32 Å². The zero-order valence-corrected chi connectivity index (χ0v) is 17.5. The lowest BCUT2D eigenvalue weighted by atomic mass is 9.69. The van der Waals surface area contributed by atoms with E-state index < -0.39 is 0 Å². The van der Waals surface area contributed by atoms with E-state index in [9.17, 15) is 9.18 Å². The molecule has 0 saturated heterocycles. The summed E-state index contributed by atoms with van der Waals surface area (Å²) in [5, 5.41) is 9.92. The topological polar surface area (TPSA) is 44.7 Å². The summed E-state index contributed by atoms with van der Waals surface area (Å²) < 4.78 is 13.7. The molecule has 1 aromatic rings. The minimum absolute atomic E-state index is 0.0467. The molecule has 1 N–H and O–H groups in total. The largest absolute Gasteiger partial charge is 0.348 e. The molecule has 1 aliphatic heterocycles. The first-order valence-electron chi connectivity index (χ1n) is 10.7. The summed E-state index contributed by atoms with van der Waals surface area (Å²) in [6.07, 6.45) is 4.97. The highest BCUT2D eigenvalue weighted by Gasteiger charge is 2.61. The van der Waals surface area contributed by atoms with E-state index in [1.165, 1.54) is 18.9 Å². The first kappa shape index (κ1) is 19.4. The monoisotopic (exact) mass is 385 g/mol. The molecule has 2 aliphatic carbocycles. The Balaban J connectivity index is 1.50. The summed E-state index contributed by atoms with van der Waals surface area (Å²) in [6.45, 7) is 9.89. The average Bonchev–Trinajstić information content (AvgIpc) is 3.22. The summed E-state index contributed by atoms with van der Waals surface area (Å²) in [5.74, 6) is 0.392. The normalized spacial score (nSPS) is 33.2. The number of carbonyl (C=O) groups excluding carboxylic acids is 1. The van der Waals surface area contributed by atoms with Crippen molar-refractivity contribution in [1.82, 2.24) is 10.3 Å². The molecule has 0 radical (unpaired) electrons. The first-order chi connectivity index (χ1) is 13.3. The molecule has 2 saturated carbocycles. The standard InChI is InChI=1S/C23H32FN3O/c1-5-11-27-19(15-7-6-8-17(24)12-15)14-18(26-27)21(28)25-20-13-16-9-10-23(20,4)22(16,2)3/h6-8,12,16,19-20H,5,9-11,13-14H2,1-4H3,(H,25,28)/t16-,19?,20-,23-/m0/s1. The van der Waals surface area contributed by atoms with Crippen molar-refractivity contribution in [2.24, 2.45) is 21.8 Å². The van der Waals surface area contributed by atoms with Crippen LogP contribution in [0.1, 0.15) is 71.4 Å². The van der Waals surface area contributed by atoms with Crippen LogP contribution in [0.25, 0.3) is 0 Å². The third kappa shape index (κ3) is 2.94. The van der Waals surface area contributed by atoms with Gasteiger partial charge >= 0.3 is 0 Å². The van der Waals surface area contributed by atoms with Crippen molar-refractivity contribution >= 4 is 11.6 Å². The molecular formula is C23H32FN3O. The van der Waals surface area contributed by atoms with Crippen LogP contribution in [0.2, 0.25) is 0 Å². The zero-order valence-electron chi connectivity index (χ0n) is 17.5. The van der Waals surface area contributed by atoms with E-state index in [1.807, 2.05) is 11.1 Å². The Bertz CT molecular complexity index is 805. The van der Waals surface area contributed by atoms with E-state index in [0.29, 0.717) is 18.1 Å². The minimum Gasteiger partial charge on any atom is -0.348 e. The fourth-order valence-corrected chi connectivity index (χ4v) is 5.79. The summed E-state index contributed by atoms with van der Waals surface area (Å²) >= 11 is 0. The van der Waals surface area contributed by atoms with E-state index in [4.69, 9.17) is 0 Å². The summed E-state index contributed by atoms with van der Waals surface area (Å²) in [6, 6.07) is 6.81. The number of hydrogen-bond acceptors (Lipinski definition) is 3. The van der Waals surface area contributed by atoms with Crippen molar-refractivity contribution in [2.75, 3.05) is 6.54 Å². The van der Waals surface area contributed by atoms with Gasteiger partial charge in [-0.05, 0) is 60.1 Å². The molecule has 1 aromatic carbocycles. The highest BCUT2D eigenvalue weighted by Crippen LogP contribution is 2.65. The summed E-state index contributed by atoms with van der Waals surface area (Å²) in [7, 11) is 0. The number of hydrogen-bond donors (Lipinski definition) is 1. The van der Waals surface area contributed by atoms with Crippen molar-refractivity contribution in [3.8, 4) is 0 Å². The lowest BCUT2D eigenvalue weighted by molar-refractivity contribution is -0.116. The number of amides is 1. The molecule has 2 fully saturated rings. The Hall–Kier alpha value is -1.91. The fraction of sp³-hybridized carbons (Fsp3) is 0.652. The van der Waals surface area contributed by atoms with Gasteiger partial charge in [-0.15, -0.1) is 0 Å². The van der Waals surface area contributed by atoms with Crippen LogP contribution in [0, 0.1) is 22.6 Å². The van der Waals surface area contributed by atoms with Gasteiger partial charge in [0.1, 0.15) is 11.5 Å². The highest BCUT2D eigenvalue weighted by molar-refractivity contribution is 6.39. The van der Waals surface area contributed by atoms with Gasteiger partial charge in [0.2, 0.25) is 0 Å². The predicted molar refractivity (Wildman–Crippen MR) is 109 cm³/mol. The van der Waals surface area contributed by atoms with Crippen LogP contribution < -0.4 is 5.32 Å². The first-order valence-corrected chi connectivity index (χ1v) is 10.7. The van der Waals surface area contributed by atoms with Crippen LogP contribution in [0.4, 0.5) is 4.39 Å². The Morgan fingerprint density at radius 1 is 1.36 bits per heavy atom. The summed E-state index contributed by atoms with van der Waals surface area (Å²) in [4.78, 5) is 13.1. The minimum atomic E-state index is -0.246. The van der Waals surface area contributed by atoms with Crippen molar-refractivity contribution in [2.45, 2.75) is 71.9 Å².